The van der Waals surface area contributed by atoms with Gasteiger partial charge in [-0.15, -0.1) is 0 Å². The highest BCUT2D eigenvalue weighted by Crippen LogP contribution is 2.19. The van der Waals surface area contributed by atoms with E-state index in [1.54, 1.807) is 0 Å². The van der Waals surface area contributed by atoms with Crippen molar-refractivity contribution < 1.29 is 4.79 Å². The van der Waals surface area contributed by atoms with Crippen LogP contribution in [0, 0.1) is 0 Å². The van der Waals surface area contributed by atoms with Crippen LogP contribution in [-0.2, 0) is 4.79 Å². The molecule has 1 heterocycles. The van der Waals surface area contributed by atoms with E-state index >= 15 is 0 Å². The molecule has 1 fully saturated rings. The van der Waals surface area contributed by atoms with Crippen molar-refractivity contribution in [1.29, 1.82) is 0 Å². The maximum Gasteiger partial charge on any atom is 0.222 e. The minimum Gasteiger partial charge on any atom is -0.340 e. The molecule has 0 aromatic heterocycles. The molecule has 100 valence electrons. The normalized spacial score (nSPS) is 22.5. The first kappa shape index (κ1) is 14.5. The number of amides is 1. The van der Waals surface area contributed by atoms with E-state index in [0.29, 0.717) is 6.42 Å². The van der Waals surface area contributed by atoms with Crippen molar-refractivity contribution >= 4 is 5.91 Å². The molecule has 1 rings (SSSR count). The SMILES string of the molecule is CC(N)CCCC(=O)N1CCN(C)C(C)(C)C1. The number of piperazine rings is 1. The summed E-state index contributed by atoms with van der Waals surface area (Å²) in [5.74, 6) is 0.284. The van der Waals surface area contributed by atoms with Crippen LogP contribution in [0.25, 0.3) is 0 Å². The molecule has 4 nitrogen and oxygen atoms in total. The van der Waals surface area contributed by atoms with Crippen molar-refractivity contribution in [3.63, 3.8) is 0 Å². The van der Waals surface area contributed by atoms with Gasteiger partial charge in [0.05, 0.1) is 0 Å². The molecule has 0 saturated carbocycles. The number of nitrogens with two attached hydrogens (primary N) is 1. The topological polar surface area (TPSA) is 49.6 Å². The smallest absolute Gasteiger partial charge is 0.222 e. The second kappa shape index (κ2) is 5.83. The quantitative estimate of drug-likeness (QED) is 0.800. The summed E-state index contributed by atoms with van der Waals surface area (Å²) in [6.07, 6.45) is 2.48. The van der Waals surface area contributed by atoms with Gasteiger partial charge in [0.25, 0.3) is 0 Å². The molecule has 1 aliphatic heterocycles. The summed E-state index contributed by atoms with van der Waals surface area (Å²) in [6.45, 7) is 9.02. The summed E-state index contributed by atoms with van der Waals surface area (Å²) in [5, 5.41) is 0. The summed E-state index contributed by atoms with van der Waals surface area (Å²) in [4.78, 5) is 16.4. The molecule has 0 radical (unpaired) electrons. The van der Waals surface area contributed by atoms with Gasteiger partial charge in [-0.05, 0) is 40.7 Å². The average molecular weight is 241 g/mol. The lowest BCUT2D eigenvalue weighted by Crippen LogP contribution is -2.58. The molecule has 0 aromatic rings. The molecule has 1 unspecified atom stereocenters. The summed E-state index contributed by atoms with van der Waals surface area (Å²) >= 11 is 0. The van der Waals surface area contributed by atoms with Gasteiger partial charge in [0.2, 0.25) is 5.91 Å². The second-order valence-electron chi connectivity index (χ2n) is 5.92. The molecule has 1 atom stereocenters. The minimum atomic E-state index is 0.0923. The summed E-state index contributed by atoms with van der Waals surface area (Å²) in [6, 6.07) is 0.201. The highest BCUT2D eigenvalue weighted by molar-refractivity contribution is 5.76. The second-order valence-corrected chi connectivity index (χ2v) is 5.92. The molecule has 0 aliphatic carbocycles. The van der Waals surface area contributed by atoms with Crippen molar-refractivity contribution in [3.05, 3.63) is 0 Å². The Bertz CT molecular complexity index is 263. The largest absolute Gasteiger partial charge is 0.340 e. The van der Waals surface area contributed by atoms with E-state index in [9.17, 15) is 4.79 Å². The van der Waals surface area contributed by atoms with Crippen LogP contribution in [0.2, 0.25) is 0 Å². The minimum absolute atomic E-state index is 0.0923. The Hall–Kier alpha value is -0.610. The molecule has 4 heteroatoms. The number of nitrogens with zero attached hydrogens (tertiary/aromatic N) is 2. The highest BCUT2D eigenvalue weighted by atomic mass is 16.2. The van der Waals surface area contributed by atoms with Crippen LogP contribution < -0.4 is 5.73 Å². The average Bonchev–Trinajstić information content (AvgIpc) is 2.21. The van der Waals surface area contributed by atoms with E-state index in [-0.39, 0.29) is 17.5 Å². The number of rotatable bonds is 4. The third-order valence-corrected chi connectivity index (χ3v) is 3.72. The molecule has 0 bridgehead atoms. The molecular formula is C13H27N3O. The van der Waals surface area contributed by atoms with E-state index in [1.807, 2.05) is 11.8 Å². The number of likely N-dealkylation sites (N-methyl/N-ethyl adjacent to an activating group) is 1. The van der Waals surface area contributed by atoms with Gasteiger partial charge in [-0.1, -0.05) is 0 Å². The van der Waals surface area contributed by atoms with Crippen molar-refractivity contribution in [2.75, 3.05) is 26.7 Å². The zero-order valence-electron chi connectivity index (χ0n) is 11.7. The summed E-state index contributed by atoms with van der Waals surface area (Å²) in [5.41, 5.74) is 5.78. The van der Waals surface area contributed by atoms with Gasteiger partial charge in [-0.3, -0.25) is 9.69 Å². The fraction of sp³-hybridized carbons (Fsp3) is 0.923. The van der Waals surface area contributed by atoms with Gasteiger partial charge in [0.1, 0.15) is 0 Å². The van der Waals surface area contributed by atoms with E-state index in [1.165, 1.54) is 0 Å². The van der Waals surface area contributed by atoms with Crippen LogP contribution in [0.1, 0.15) is 40.0 Å². The Morgan fingerprint density at radius 3 is 2.59 bits per heavy atom. The third kappa shape index (κ3) is 4.28. The van der Waals surface area contributed by atoms with Crippen molar-refractivity contribution in [2.45, 2.75) is 51.6 Å². The van der Waals surface area contributed by atoms with Crippen LogP contribution in [-0.4, -0.2) is 54.0 Å². The van der Waals surface area contributed by atoms with Crippen molar-refractivity contribution in [3.8, 4) is 0 Å². The lowest BCUT2D eigenvalue weighted by atomic mass is 9.99. The first-order valence-corrected chi connectivity index (χ1v) is 6.57. The van der Waals surface area contributed by atoms with Crippen LogP contribution in [0.3, 0.4) is 0 Å². The highest BCUT2D eigenvalue weighted by Gasteiger charge is 2.32. The number of carbonyl (C=O) groups excluding carboxylic acids is 1. The molecule has 17 heavy (non-hydrogen) atoms. The molecule has 1 saturated heterocycles. The van der Waals surface area contributed by atoms with E-state index in [4.69, 9.17) is 5.73 Å². The van der Waals surface area contributed by atoms with Crippen LogP contribution >= 0.6 is 0 Å². The standard InChI is InChI=1S/C13H27N3O/c1-11(14)6-5-7-12(17)16-9-8-15(4)13(2,3)10-16/h11H,5-10,14H2,1-4H3. The molecule has 2 N–H and O–H groups in total. The Morgan fingerprint density at radius 2 is 2.06 bits per heavy atom. The van der Waals surface area contributed by atoms with E-state index < -0.39 is 0 Å². The lowest BCUT2D eigenvalue weighted by Gasteiger charge is -2.45. The first-order valence-electron chi connectivity index (χ1n) is 6.57. The molecule has 0 aromatic carbocycles. The molecule has 1 amide bonds. The van der Waals surface area contributed by atoms with Gasteiger partial charge in [0.15, 0.2) is 0 Å². The van der Waals surface area contributed by atoms with E-state index in [2.05, 4.69) is 25.8 Å². The van der Waals surface area contributed by atoms with Gasteiger partial charge in [-0.2, -0.15) is 0 Å². The predicted molar refractivity (Wildman–Crippen MR) is 70.8 cm³/mol. The zero-order valence-corrected chi connectivity index (χ0v) is 11.7. The first-order chi connectivity index (χ1) is 7.83. The van der Waals surface area contributed by atoms with Crippen LogP contribution in [0.15, 0.2) is 0 Å². The Labute approximate surface area is 105 Å². The van der Waals surface area contributed by atoms with Gasteiger partial charge in [-0.25, -0.2) is 0 Å². The fourth-order valence-corrected chi connectivity index (χ4v) is 2.19. The Kier molecular flexibility index (Phi) is 4.95. The molecule has 0 spiro atoms. The van der Waals surface area contributed by atoms with E-state index in [0.717, 1.165) is 32.5 Å². The zero-order chi connectivity index (χ0) is 13.1. The number of hydrogen-bond donors (Lipinski definition) is 1. The Morgan fingerprint density at radius 1 is 1.41 bits per heavy atom. The fourth-order valence-electron chi connectivity index (χ4n) is 2.19. The summed E-state index contributed by atoms with van der Waals surface area (Å²) in [7, 11) is 2.12. The molecular weight excluding hydrogens is 214 g/mol. The number of hydrogen-bond acceptors (Lipinski definition) is 3. The van der Waals surface area contributed by atoms with Gasteiger partial charge >= 0.3 is 0 Å². The van der Waals surface area contributed by atoms with Gasteiger partial charge in [0, 0.05) is 37.6 Å². The molecule has 1 aliphatic rings. The maximum atomic E-state index is 12.0. The van der Waals surface area contributed by atoms with Gasteiger partial charge < -0.3 is 10.6 Å². The Balaban J connectivity index is 2.38. The van der Waals surface area contributed by atoms with Crippen molar-refractivity contribution in [1.82, 2.24) is 9.80 Å². The van der Waals surface area contributed by atoms with Crippen LogP contribution in [0.5, 0.6) is 0 Å². The third-order valence-electron chi connectivity index (χ3n) is 3.72. The maximum absolute atomic E-state index is 12.0. The summed E-state index contributed by atoms with van der Waals surface area (Å²) < 4.78 is 0. The monoisotopic (exact) mass is 241 g/mol. The number of carbonyl (C=O) groups is 1. The van der Waals surface area contributed by atoms with Crippen LogP contribution in [0.4, 0.5) is 0 Å². The van der Waals surface area contributed by atoms with Crippen molar-refractivity contribution in [2.24, 2.45) is 5.73 Å². The lowest BCUT2D eigenvalue weighted by molar-refractivity contribution is -0.135. The predicted octanol–water partition coefficient (Wildman–Crippen LogP) is 1.06.